The predicted molar refractivity (Wildman–Crippen MR) is 169 cm³/mol. The molecule has 1 aliphatic heterocycles. The molecule has 0 fully saturated rings. The minimum Gasteiger partial charge on any atom is -0.352 e. The number of hydrogen-bond donors (Lipinski definition) is 1. The van der Waals surface area contributed by atoms with Crippen LogP contribution in [0.3, 0.4) is 0 Å². The number of amides is 3. The second-order valence-electron chi connectivity index (χ2n) is 10.9. The van der Waals surface area contributed by atoms with E-state index >= 15 is 0 Å². The topological polar surface area (TPSA) is 69.7 Å². The Morgan fingerprint density at radius 2 is 1.67 bits per heavy atom. The van der Waals surface area contributed by atoms with E-state index in [-0.39, 0.29) is 36.7 Å². The number of nitrogens with zero attached hydrogens (tertiary/aromatic N) is 2. The zero-order valence-electron chi connectivity index (χ0n) is 23.6. The highest BCUT2D eigenvalue weighted by atomic mass is 35.5. The van der Waals surface area contributed by atoms with Crippen LogP contribution in [-0.4, -0.2) is 41.2 Å². The fourth-order valence-electron chi connectivity index (χ4n) is 5.50. The fraction of sp³-hybridized carbons (Fsp3) is 0.265. The average molecular weight is 603 g/mol. The molecule has 8 heteroatoms. The number of rotatable bonds is 11. The molecule has 1 aliphatic rings. The van der Waals surface area contributed by atoms with Gasteiger partial charge in [0.1, 0.15) is 6.04 Å². The van der Waals surface area contributed by atoms with Crippen molar-refractivity contribution in [3.63, 3.8) is 0 Å². The lowest BCUT2D eigenvalue weighted by Gasteiger charge is -2.32. The predicted octanol–water partition coefficient (Wildman–Crippen LogP) is 7.05. The van der Waals surface area contributed by atoms with Crippen molar-refractivity contribution in [2.75, 3.05) is 11.4 Å². The first-order valence-electron chi connectivity index (χ1n) is 14.1. The maximum atomic E-state index is 14.0. The maximum absolute atomic E-state index is 14.0. The number of anilines is 1. The molecule has 1 heterocycles. The summed E-state index contributed by atoms with van der Waals surface area (Å²) in [5.74, 6) is -0.482. The van der Waals surface area contributed by atoms with Crippen LogP contribution in [0.5, 0.6) is 0 Å². The van der Waals surface area contributed by atoms with Gasteiger partial charge in [-0.3, -0.25) is 14.4 Å². The van der Waals surface area contributed by atoms with Gasteiger partial charge in [0.25, 0.3) is 5.91 Å². The molecule has 3 amide bonds. The van der Waals surface area contributed by atoms with E-state index < -0.39 is 6.04 Å². The van der Waals surface area contributed by atoms with Crippen LogP contribution in [0.4, 0.5) is 5.69 Å². The van der Waals surface area contributed by atoms with Crippen molar-refractivity contribution in [2.45, 2.75) is 51.7 Å². The summed E-state index contributed by atoms with van der Waals surface area (Å²) >= 11 is 12.7. The molecule has 0 bridgehead atoms. The van der Waals surface area contributed by atoms with E-state index in [2.05, 4.69) is 5.32 Å². The summed E-state index contributed by atoms with van der Waals surface area (Å²) in [4.78, 5) is 44.2. The van der Waals surface area contributed by atoms with Gasteiger partial charge >= 0.3 is 0 Å². The van der Waals surface area contributed by atoms with E-state index in [1.807, 2.05) is 80.6 Å². The molecular weight excluding hydrogens is 569 g/mol. The van der Waals surface area contributed by atoms with Crippen molar-refractivity contribution < 1.29 is 14.4 Å². The van der Waals surface area contributed by atoms with E-state index in [0.717, 1.165) is 22.0 Å². The zero-order chi connectivity index (χ0) is 29.8. The third-order valence-electron chi connectivity index (χ3n) is 7.48. The van der Waals surface area contributed by atoms with E-state index in [0.29, 0.717) is 40.6 Å². The van der Waals surface area contributed by atoms with Gasteiger partial charge in [-0.25, -0.2) is 0 Å². The molecule has 0 unspecified atom stereocenters. The molecule has 6 nitrogen and oxygen atoms in total. The van der Waals surface area contributed by atoms with E-state index in [1.54, 1.807) is 28.0 Å². The van der Waals surface area contributed by atoms with Crippen LogP contribution in [-0.2, 0) is 22.6 Å². The summed E-state index contributed by atoms with van der Waals surface area (Å²) in [7, 11) is 0. The van der Waals surface area contributed by atoms with Gasteiger partial charge in [-0.1, -0.05) is 83.9 Å². The molecule has 0 aromatic heterocycles. The molecule has 4 aromatic rings. The van der Waals surface area contributed by atoms with Crippen molar-refractivity contribution in [3.05, 3.63) is 112 Å². The van der Waals surface area contributed by atoms with Gasteiger partial charge in [-0.2, -0.15) is 0 Å². The number of carbonyl (C=O) groups excluding carboxylic acids is 3. The Balaban J connectivity index is 1.39. The summed E-state index contributed by atoms with van der Waals surface area (Å²) < 4.78 is 0. The number of carbonyl (C=O) groups is 3. The molecule has 42 heavy (non-hydrogen) atoms. The molecule has 5 rings (SSSR count). The first-order chi connectivity index (χ1) is 20.2. The minimum absolute atomic E-state index is 0.0580. The van der Waals surface area contributed by atoms with Gasteiger partial charge in [0, 0.05) is 53.0 Å². The third-order valence-corrected chi connectivity index (χ3v) is 8.07. The number of halogens is 2. The van der Waals surface area contributed by atoms with Crippen molar-refractivity contribution >= 4 is 57.4 Å². The SMILES string of the molecule is CC(C)NC(=O)[C@H](Cc1ccccc1)N(Cc1ccc(Cl)cc1Cl)C(=O)CCCN1C(=O)c2cccc3cccc1c23. The Morgan fingerprint density at radius 1 is 0.929 bits per heavy atom. The van der Waals surface area contributed by atoms with Gasteiger partial charge in [-0.15, -0.1) is 0 Å². The number of hydrogen-bond acceptors (Lipinski definition) is 3. The lowest BCUT2D eigenvalue weighted by molar-refractivity contribution is -0.141. The molecule has 0 radical (unpaired) electrons. The quantitative estimate of drug-likeness (QED) is 0.200. The summed E-state index contributed by atoms with van der Waals surface area (Å²) in [6, 6.07) is 25.6. The van der Waals surface area contributed by atoms with E-state index in [9.17, 15) is 14.4 Å². The van der Waals surface area contributed by atoms with Gasteiger partial charge in [-0.05, 0) is 61.0 Å². The monoisotopic (exact) mass is 601 g/mol. The Morgan fingerprint density at radius 3 is 2.38 bits per heavy atom. The molecule has 0 saturated heterocycles. The zero-order valence-corrected chi connectivity index (χ0v) is 25.2. The Hall–Kier alpha value is -3.87. The molecular formula is C34H33Cl2N3O3. The van der Waals surface area contributed by atoms with Crippen LogP contribution in [0.25, 0.3) is 10.8 Å². The third kappa shape index (κ3) is 6.45. The number of nitrogens with one attached hydrogen (secondary N) is 1. The first-order valence-corrected chi connectivity index (χ1v) is 14.9. The van der Waals surface area contributed by atoms with Crippen LogP contribution < -0.4 is 10.2 Å². The van der Waals surface area contributed by atoms with E-state index in [1.165, 1.54) is 0 Å². The standard InChI is InChI=1S/C34H33Cl2N3O3/c1-22(2)37-33(41)30(19-23-9-4-3-5-10-23)39(21-25-16-17-26(35)20-28(25)36)31(40)15-8-18-38-29-14-7-12-24-11-6-13-27(32(24)29)34(38)42/h3-7,9-14,16-17,20,22,30H,8,15,18-19,21H2,1-2H3,(H,37,41)/t30-/m0/s1. The fourth-order valence-corrected chi connectivity index (χ4v) is 5.97. The molecule has 1 N–H and O–H groups in total. The van der Waals surface area contributed by atoms with Crippen LogP contribution in [0, 0.1) is 0 Å². The summed E-state index contributed by atoms with van der Waals surface area (Å²) in [6.45, 7) is 4.32. The Labute approximate surface area is 256 Å². The highest BCUT2D eigenvalue weighted by Crippen LogP contribution is 2.37. The largest absolute Gasteiger partial charge is 0.352 e. The maximum Gasteiger partial charge on any atom is 0.258 e. The van der Waals surface area contributed by atoms with Crippen LogP contribution in [0.2, 0.25) is 10.0 Å². The highest BCUT2D eigenvalue weighted by Gasteiger charge is 2.32. The minimum atomic E-state index is -0.763. The normalized spacial score (nSPS) is 13.1. The van der Waals surface area contributed by atoms with Crippen LogP contribution in [0.1, 0.15) is 48.2 Å². The van der Waals surface area contributed by atoms with Gasteiger partial charge in [0.2, 0.25) is 11.8 Å². The molecule has 4 aromatic carbocycles. The summed E-state index contributed by atoms with van der Waals surface area (Å²) in [5, 5.41) is 5.88. The average Bonchev–Trinajstić information content (AvgIpc) is 3.24. The summed E-state index contributed by atoms with van der Waals surface area (Å²) in [5.41, 5.74) is 3.18. The number of benzene rings is 4. The highest BCUT2D eigenvalue weighted by molar-refractivity contribution is 6.35. The van der Waals surface area contributed by atoms with Gasteiger partial charge in [0.05, 0.1) is 5.69 Å². The first kappa shape index (κ1) is 29.6. The van der Waals surface area contributed by atoms with Crippen molar-refractivity contribution in [1.29, 1.82) is 0 Å². The van der Waals surface area contributed by atoms with Gasteiger partial charge < -0.3 is 15.1 Å². The van der Waals surface area contributed by atoms with Crippen molar-refractivity contribution in [1.82, 2.24) is 10.2 Å². The lowest BCUT2D eigenvalue weighted by Crippen LogP contribution is -2.51. The molecule has 216 valence electrons. The van der Waals surface area contributed by atoms with Crippen LogP contribution in [0.15, 0.2) is 84.9 Å². The Bertz CT molecular complexity index is 1620. The van der Waals surface area contributed by atoms with Crippen molar-refractivity contribution in [3.8, 4) is 0 Å². The van der Waals surface area contributed by atoms with Gasteiger partial charge in [0.15, 0.2) is 0 Å². The van der Waals surface area contributed by atoms with E-state index in [4.69, 9.17) is 23.2 Å². The molecule has 1 atom stereocenters. The van der Waals surface area contributed by atoms with Crippen molar-refractivity contribution in [2.24, 2.45) is 0 Å². The smallest absolute Gasteiger partial charge is 0.258 e. The molecule has 0 aliphatic carbocycles. The Kier molecular flexibility index (Phi) is 9.15. The van der Waals surface area contributed by atoms with Crippen LogP contribution >= 0.6 is 23.2 Å². The molecule has 0 saturated carbocycles. The molecule has 0 spiro atoms. The summed E-state index contributed by atoms with van der Waals surface area (Å²) in [6.07, 6.45) is 0.934. The lowest BCUT2D eigenvalue weighted by atomic mass is 10.0. The second-order valence-corrected chi connectivity index (χ2v) is 11.7. The second kappa shape index (κ2) is 13.0.